The molecule has 0 saturated heterocycles. The summed E-state index contributed by atoms with van der Waals surface area (Å²) in [6.45, 7) is 2.40. The van der Waals surface area contributed by atoms with Crippen LogP contribution in [0.15, 0.2) is 29.3 Å². The Morgan fingerprint density at radius 3 is 1.93 bits per heavy atom. The van der Waals surface area contributed by atoms with E-state index in [1.807, 2.05) is 24.3 Å². The van der Waals surface area contributed by atoms with Gasteiger partial charge in [-0.25, -0.2) is 0 Å². The zero-order valence-electron chi connectivity index (χ0n) is 39.5. The van der Waals surface area contributed by atoms with E-state index >= 15 is 0 Å². The number of nitrogens with one attached hydrogen (secondary N) is 7. The van der Waals surface area contributed by atoms with Gasteiger partial charge in [0.2, 0.25) is 65.0 Å². The van der Waals surface area contributed by atoms with Gasteiger partial charge < -0.3 is 70.8 Å². The van der Waals surface area contributed by atoms with Gasteiger partial charge in [0.1, 0.15) is 35.7 Å². The first-order chi connectivity index (χ1) is 33.0. The van der Waals surface area contributed by atoms with E-state index in [9.17, 15) is 52.7 Å². The van der Waals surface area contributed by atoms with Gasteiger partial charge in [-0.05, 0) is 54.9 Å². The number of aryl methyl sites for hydroxylation is 1. The summed E-state index contributed by atoms with van der Waals surface area (Å²) in [5, 5.41) is 17.7. The first-order valence-corrected chi connectivity index (χ1v) is 23.8. The zero-order chi connectivity index (χ0) is 52.7. The first kappa shape index (κ1) is 59.5. The van der Waals surface area contributed by atoms with Crippen LogP contribution in [0.4, 0.5) is 0 Å². The number of aliphatic imine (C=N–C) groups is 1. The Kier molecular flexibility index (Phi) is 25.0. The highest BCUT2D eigenvalue weighted by Crippen LogP contribution is 2.30. The van der Waals surface area contributed by atoms with Crippen molar-refractivity contribution in [2.75, 3.05) is 38.2 Å². The van der Waals surface area contributed by atoms with Crippen molar-refractivity contribution in [3.63, 3.8) is 0 Å². The number of benzene rings is 1. The van der Waals surface area contributed by atoms with Crippen LogP contribution in [-0.4, -0.2) is 150 Å². The quantitative estimate of drug-likeness (QED) is 0.0149. The van der Waals surface area contributed by atoms with Crippen molar-refractivity contribution in [3.8, 4) is 0 Å². The van der Waals surface area contributed by atoms with Gasteiger partial charge in [-0.1, -0.05) is 44.5 Å². The van der Waals surface area contributed by atoms with E-state index in [1.54, 1.807) is 13.8 Å². The Morgan fingerprint density at radius 2 is 1.34 bits per heavy atom. The molecule has 0 radical (unpaired) electrons. The summed E-state index contributed by atoms with van der Waals surface area (Å²) in [4.78, 5) is 149. The largest absolute Gasteiger partial charge is 0.370 e. The molecule has 0 fully saturated rings. The molecule has 388 valence electrons. The molecule has 70 heavy (non-hydrogen) atoms. The summed E-state index contributed by atoms with van der Waals surface area (Å²) < 4.78 is 0. The fraction of sp³-hybridized carbons (Fsp3) is 0.581. The summed E-state index contributed by atoms with van der Waals surface area (Å²) in [6, 6.07) is 0.161. The monoisotopic (exact) mass is 1020 g/mol. The molecule has 0 saturated carbocycles. The van der Waals surface area contributed by atoms with E-state index in [0.717, 1.165) is 16.0 Å². The molecule has 1 aliphatic carbocycles. The lowest BCUT2D eigenvalue weighted by molar-refractivity contribution is -0.139. The molecule has 0 unspecified atom stereocenters. The normalized spacial score (nSPS) is 16.4. The molecule has 7 atom stereocenters. The van der Waals surface area contributed by atoms with Crippen LogP contribution in [0.25, 0.3) is 0 Å². The molecule has 1 aromatic carbocycles. The standard InChI is InChI=1S/C43H68N14O11S2/c1-4-23(2)35(55-41(68)43(56-33(61)14-17-69)15-13-24-8-5-6-9-25(24)19-43)39(66)52-27(11-12-30(44)58)37(64)53-28(18-31(45)59)38(65)54-29(22-70)40(67)57(3)21-34(62)51-26(10-7-16-49-42(47)48)36(63)50-20-32(46)60/h5-6,8-9,23,26-29,35,69-70H,4,7,10-22H2,1-3H3,(H2,44,58)(H2,45,59)(H2,46,60)(H,50,63)(H,51,62)(H,52,66)(H,53,64)(H,54,65)(H,55,68)(H,56,61)(H4,47,48,49)/t23-,26-,27-,28-,29-,35-,43+/m0/s1. The van der Waals surface area contributed by atoms with Crippen molar-refractivity contribution < 1.29 is 52.7 Å². The number of primary amides is 3. The first-order valence-electron chi connectivity index (χ1n) is 22.5. The maximum atomic E-state index is 14.3. The number of amides is 11. The minimum Gasteiger partial charge on any atom is -0.370 e. The Morgan fingerprint density at radius 1 is 0.729 bits per heavy atom. The lowest BCUT2D eigenvalue weighted by Crippen LogP contribution is -2.65. The van der Waals surface area contributed by atoms with Gasteiger partial charge in [0.05, 0.1) is 19.5 Å². The van der Waals surface area contributed by atoms with Crippen molar-refractivity contribution in [2.24, 2.45) is 39.6 Å². The second kappa shape index (κ2) is 29.4. The van der Waals surface area contributed by atoms with Gasteiger partial charge in [-0.15, -0.1) is 0 Å². The zero-order valence-corrected chi connectivity index (χ0v) is 41.3. The number of nitrogens with zero attached hydrogens (tertiary/aromatic N) is 2. The predicted molar refractivity (Wildman–Crippen MR) is 263 cm³/mol. The topological polar surface area (TPSA) is 418 Å². The molecule has 0 aliphatic heterocycles. The number of likely N-dealkylation sites (N-methyl/N-ethyl adjacent to an activating group) is 1. The van der Waals surface area contributed by atoms with Gasteiger partial charge >= 0.3 is 0 Å². The lowest BCUT2D eigenvalue weighted by atomic mass is 9.76. The third kappa shape index (κ3) is 19.8. The summed E-state index contributed by atoms with van der Waals surface area (Å²) in [5.74, 6) is -10.2. The minimum atomic E-state index is -1.76. The second-order valence-corrected chi connectivity index (χ2v) is 17.7. The Balaban J connectivity index is 2.30. The maximum absolute atomic E-state index is 14.3. The molecule has 11 amide bonds. The summed E-state index contributed by atoms with van der Waals surface area (Å²) >= 11 is 8.31. The fourth-order valence-corrected chi connectivity index (χ4v) is 7.78. The third-order valence-electron chi connectivity index (χ3n) is 11.3. The van der Waals surface area contributed by atoms with Gasteiger partial charge in [0.25, 0.3) is 0 Å². The van der Waals surface area contributed by atoms with Gasteiger partial charge in [0, 0.05) is 38.6 Å². The Bertz CT molecular complexity index is 2110. The van der Waals surface area contributed by atoms with E-state index in [-0.39, 0.29) is 56.1 Å². The van der Waals surface area contributed by atoms with Crippen LogP contribution in [0.3, 0.4) is 0 Å². The van der Waals surface area contributed by atoms with E-state index in [1.165, 1.54) is 7.05 Å². The number of guanidine groups is 1. The van der Waals surface area contributed by atoms with Crippen LogP contribution in [0.5, 0.6) is 0 Å². The van der Waals surface area contributed by atoms with E-state index in [4.69, 9.17) is 28.7 Å². The van der Waals surface area contributed by atoms with Crippen LogP contribution in [0.2, 0.25) is 0 Å². The van der Waals surface area contributed by atoms with Crippen LogP contribution >= 0.6 is 25.3 Å². The SMILES string of the molecule is CC[C@H](C)[C@H](NC(=O)[C@@]1(NC(=O)CCS)CCc2ccccc2C1)C(=O)N[C@@H](CCC(N)=O)C(=O)N[C@@H](CC(N)=O)C(=O)N[C@@H](CS)C(=O)N(C)CC(=O)N[C@@H](CCCN=C(N)N)C(=O)NCC(N)=O. The Hall–Kier alpha value is -6.64. The summed E-state index contributed by atoms with van der Waals surface area (Å²) in [6.07, 6.45) is -0.208. The Labute approximate surface area is 416 Å². The van der Waals surface area contributed by atoms with Crippen molar-refractivity contribution in [1.29, 1.82) is 0 Å². The molecule has 0 spiro atoms. The third-order valence-corrected chi connectivity index (χ3v) is 11.9. The maximum Gasteiger partial charge on any atom is 0.246 e. The molecule has 2 rings (SSSR count). The highest BCUT2D eigenvalue weighted by atomic mass is 32.1. The van der Waals surface area contributed by atoms with E-state index in [2.05, 4.69) is 67.5 Å². The molecule has 1 aromatic rings. The fourth-order valence-electron chi connectivity index (χ4n) is 7.33. The van der Waals surface area contributed by atoms with Crippen molar-refractivity contribution in [3.05, 3.63) is 35.4 Å². The van der Waals surface area contributed by atoms with Crippen molar-refractivity contribution >= 4 is 96.2 Å². The van der Waals surface area contributed by atoms with Crippen LogP contribution in [0.1, 0.15) is 76.3 Å². The molecule has 1 aliphatic rings. The highest BCUT2D eigenvalue weighted by Gasteiger charge is 2.45. The van der Waals surface area contributed by atoms with Gasteiger partial charge in [-0.2, -0.15) is 25.3 Å². The molecular formula is C43H68N14O11S2. The lowest BCUT2D eigenvalue weighted by Gasteiger charge is -2.39. The number of nitrogens with two attached hydrogens (primary N) is 5. The number of hydrogen-bond donors (Lipinski definition) is 14. The molecule has 0 heterocycles. The molecule has 27 heteroatoms. The van der Waals surface area contributed by atoms with Crippen molar-refractivity contribution in [1.82, 2.24) is 42.1 Å². The average molecular weight is 1020 g/mol. The molecule has 0 aromatic heterocycles. The number of thiol groups is 2. The van der Waals surface area contributed by atoms with E-state index < -0.39 is 139 Å². The molecule has 0 bridgehead atoms. The van der Waals surface area contributed by atoms with Crippen LogP contribution < -0.4 is 65.9 Å². The second-order valence-electron chi connectivity index (χ2n) is 16.9. The average Bonchev–Trinajstić information content (AvgIpc) is 3.29. The van der Waals surface area contributed by atoms with E-state index in [0.29, 0.717) is 12.8 Å². The highest BCUT2D eigenvalue weighted by molar-refractivity contribution is 7.80. The summed E-state index contributed by atoms with van der Waals surface area (Å²) in [7, 11) is 1.21. The number of carbonyl (C=O) groups is 11. The number of rotatable bonds is 30. The predicted octanol–water partition coefficient (Wildman–Crippen LogP) is -5.00. The van der Waals surface area contributed by atoms with Crippen LogP contribution in [0, 0.1) is 5.92 Å². The van der Waals surface area contributed by atoms with Crippen LogP contribution in [-0.2, 0) is 65.6 Å². The number of hydrogen-bond acceptors (Lipinski definition) is 14. The van der Waals surface area contributed by atoms with Crippen molar-refractivity contribution in [2.45, 2.75) is 114 Å². The van der Waals surface area contributed by atoms with Gasteiger partial charge in [-0.3, -0.25) is 57.7 Å². The molecular weight excluding hydrogens is 953 g/mol. The number of fused-ring (bicyclic) bond motifs is 1. The molecule has 17 N–H and O–H groups in total. The minimum absolute atomic E-state index is 0.0176. The smallest absolute Gasteiger partial charge is 0.246 e. The summed E-state index contributed by atoms with van der Waals surface area (Å²) in [5.41, 5.74) is 27.0. The number of carbonyl (C=O) groups excluding carboxylic acids is 11. The molecule has 25 nitrogen and oxygen atoms in total. The van der Waals surface area contributed by atoms with Gasteiger partial charge in [0.15, 0.2) is 5.96 Å².